The molecule has 0 saturated carbocycles. The van der Waals surface area contributed by atoms with Gasteiger partial charge in [0.15, 0.2) is 0 Å². The van der Waals surface area contributed by atoms with Gasteiger partial charge in [-0.3, -0.25) is 14.9 Å². The minimum Gasteiger partial charge on any atom is -0.326 e. The number of hydrogen-bond donors (Lipinski definition) is 1. The van der Waals surface area contributed by atoms with Crippen molar-refractivity contribution in [3.05, 3.63) is 68.5 Å². The molecule has 0 aliphatic carbocycles. The topological polar surface area (TPSA) is 72.2 Å². The van der Waals surface area contributed by atoms with Gasteiger partial charge in [-0.2, -0.15) is 0 Å². The third kappa shape index (κ3) is 3.59. The summed E-state index contributed by atoms with van der Waals surface area (Å²) in [5.74, 6) is -1.01. The number of nitrogens with zero attached hydrogens (tertiary/aromatic N) is 1. The molecule has 2 aromatic carbocycles. The lowest BCUT2D eigenvalue weighted by atomic mass is 10.1. The van der Waals surface area contributed by atoms with Gasteiger partial charge in [-0.25, -0.2) is 4.39 Å². The summed E-state index contributed by atoms with van der Waals surface area (Å²) in [6.45, 7) is 1.64. The van der Waals surface area contributed by atoms with Crippen molar-refractivity contribution in [1.29, 1.82) is 0 Å². The van der Waals surface area contributed by atoms with E-state index in [1.54, 1.807) is 6.92 Å². The number of anilines is 1. The molecule has 1 amide bonds. The zero-order valence-electron chi connectivity index (χ0n) is 11.6. The summed E-state index contributed by atoms with van der Waals surface area (Å²) in [5.41, 5.74) is 1.03. The van der Waals surface area contributed by atoms with E-state index >= 15 is 0 Å². The SMILES string of the molecule is Cc1cc([N+](=O)[O-])ccc1NC(=O)Cc1c(F)cccc1Cl. The summed E-state index contributed by atoms with van der Waals surface area (Å²) in [6.07, 6.45) is -0.220. The predicted octanol–water partition coefficient (Wildman–Crippen LogP) is 3.88. The Bertz CT molecular complexity index is 729. The number of non-ortho nitro benzene ring substituents is 1. The molecular formula is C15H12ClFN2O3. The standard InChI is InChI=1S/C15H12ClFN2O3/c1-9-7-10(19(21)22)5-6-14(9)18-15(20)8-11-12(16)3-2-4-13(11)17/h2-7H,8H2,1H3,(H,18,20). The predicted molar refractivity (Wildman–Crippen MR) is 81.6 cm³/mol. The fourth-order valence-electron chi connectivity index (χ4n) is 1.96. The number of benzene rings is 2. The molecule has 0 bridgehead atoms. The minimum absolute atomic E-state index is 0.0624. The van der Waals surface area contributed by atoms with Crippen LogP contribution in [-0.4, -0.2) is 10.8 Å². The summed E-state index contributed by atoms with van der Waals surface area (Å²) in [5, 5.41) is 13.4. The Balaban J connectivity index is 2.14. The van der Waals surface area contributed by atoms with Crippen molar-refractivity contribution < 1.29 is 14.1 Å². The minimum atomic E-state index is -0.553. The zero-order chi connectivity index (χ0) is 16.3. The number of hydrogen-bond acceptors (Lipinski definition) is 3. The van der Waals surface area contributed by atoms with Gasteiger partial charge >= 0.3 is 0 Å². The Morgan fingerprint density at radius 3 is 2.68 bits per heavy atom. The van der Waals surface area contributed by atoms with Crippen LogP contribution < -0.4 is 5.32 Å². The number of rotatable bonds is 4. The first-order valence-corrected chi connectivity index (χ1v) is 6.74. The van der Waals surface area contributed by atoms with Crippen molar-refractivity contribution in [2.24, 2.45) is 0 Å². The van der Waals surface area contributed by atoms with Crippen LogP contribution in [0.2, 0.25) is 5.02 Å². The van der Waals surface area contributed by atoms with E-state index in [1.165, 1.54) is 36.4 Å². The third-order valence-corrected chi connectivity index (χ3v) is 3.45. The second-order valence-corrected chi connectivity index (χ2v) is 5.09. The number of carbonyl (C=O) groups excluding carboxylic acids is 1. The molecule has 2 aromatic rings. The molecule has 0 aliphatic heterocycles. The molecule has 114 valence electrons. The average molecular weight is 323 g/mol. The monoisotopic (exact) mass is 322 g/mol. The van der Waals surface area contributed by atoms with Crippen LogP contribution in [0.25, 0.3) is 0 Å². The van der Waals surface area contributed by atoms with E-state index < -0.39 is 16.6 Å². The summed E-state index contributed by atoms with van der Waals surface area (Å²) in [7, 11) is 0. The highest BCUT2D eigenvalue weighted by Gasteiger charge is 2.14. The second-order valence-electron chi connectivity index (χ2n) is 4.68. The third-order valence-electron chi connectivity index (χ3n) is 3.09. The highest BCUT2D eigenvalue weighted by molar-refractivity contribution is 6.31. The Morgan fingerprint density at radius 1 is 1.36 bits per heavy atom. The van der Waals surface area contributed by atoms with Gasteiger partial charge in [-0.1, -0.05) is 17.7 Å². The Kier molecular flexibility index (Phi) is 4.72. The molecule has 0 saturated heterocycles. The largest absolute Gasteiger partial charge is 0.326 e. The highest BCUT2D eigenvalue weighted by Crippen LogP contribution is 2.23. The van der Waals surface area contributed by atoms with E-state index in [0.717, 1.165) is 0 Å². The van der Waals surface area contributed by atoms with Gasteiger partial charge in [-0.05, 0) is 30.7 Å². The van der Waals surface area contributed by atoms with Crippen LogP contribution >= 0.6 is 11.6 Å². The van der Waals surface area contributed by atoms with Gasteiger partial charge in [0, 0.05) is 28.4 Å². The molecule has 5 nitrogen and oxygen atoms in total. The van der Waals surface area contributed by atoms with E-state index in [9.17, 15) is 19.3 Å². The fraction of sp³-hybridized carbons (Fsp3) is 0.133. The number of nitrogens with one attached hydrogen (secondary N) is 1. The van der Waals surface area contributed by atoms with Gasteiger partial charge in [0.25, 0.3) is 5.69 Å². The van der Waals surface area contributed by atoms with Crippen LogP contribution in [0, 0.1) is 22.9 Å². The smallest absolute Gasteiger partial charge is 0.269 e. The van der Waals surface area contributed by atoms with E-state index in [1.807, 2.05) is 0 Å². The lowest BCUT2D eigenvalue weighted by Crippen LogP contribution is -2.16. The van der Waals surface area contributed by atoms with Crippen molar-refractivity contribution >= 4 is 28.9 Å². The summed E-state index contributed by atoms with van der Waals surface area (Å²) in [4.78, 5) is 22.1. The molecule has 7 heteroatoms. The molecule has 2 rings (SSSR count). The van der Waals surface area contributed by atoms with E-state index in [4.69, 9.17) is 11.6 Å². The van der Waals surface area contributed by atoms with Crippen molar-refractivity contribution in [2.45, 2.75) is 13.3 Å². The van der Waals surface area contributed by atoms with E-state index in [2.05, 4.69) is 5.32 Å². The molecule has 0 unspecified atom stereocenters. The van der Waals surface area contributed by atoms with E-state index in [0.29, 0.717) is 11.3 Å². The zero-order valence-corrected chi connectivity index (χ0v) is 12.4. The quantitative estimate of drug-likeness (QED) is 0.686. The van der Waals surface area contributed by atoms with Crippen LogP contribution in [0.4, 0.5) is 15.8 Å². The average Bonchev–Trinajstić information content (AvgIpc) is 2.45. The van der Waals surface area contributed by atoms with Gasteiger partial charge < -0.3 is 5.32 Å². The number of nitro groups is 1. The number of nitro benzene ring substituents is 1. The van der Waals surface area contributed by atoms with Gasteiger partial charge in [0.1, 0.15) is 5.82 Å². The van der Waals surface area contributed by atoms with Gasteiger partial charge in [0.2, 0.25) is 5.91 Å². The molecule has 1 N–H and O–H groups in total. The summed E-state index contributed by atoms with van der Waals surface area (Å²) >= 11 is 5.87. The molecule has 0 spiro atoms. The molecule has 0 radical (unpaired) electrons. The summed E-state index contributed by atoms with van der Waals surface area (Å²) in [6, 6.07) is 8.27. The highest BCUT2D eigenvalue weighted by atomic mass is 35.5. The molecule has 0 atom stereocenters. The van der Waals surface area contributed by atoms with Crippen LogP contribution in [0.15, 0.2) is 36.4 Å². The molecule has 0 fully saturated rings. The van der Waals surface area contributed by atoms with Crippen LogP contribution in [0.1, 0.15) is 11.1 Å². The van der Waals surface area contributed by atoms with Crippen molar-refractivity contribution in [2.75, 3.05) is 5.32 Å². The first kappa shape index (κ1) is 15.9. The lowest BCUT2D eigenvalue weighted by Gasteiger charge is -2.09. The van der Waals surface area contributed by atoms with Gasteiger partial charge in [0.05, 0.1) is 11.3 Å². The second kappa shape index (κ2) is 6.53. The molecule has 0 aliphatic rings. The van der Waals surface area contributed by atoms with E-state index in [-0.39, 0.29) is 22.7 Å². The first-order chi connectivity index (χ1) is 10.4. The normalized spacial score (nSPS) is 10.3. The van der Waals surface area contributed by atoms with Crippen molar-refractivity contribution in [3.8, 4) is 0 Å². The molecule has 22 heavy (non-hydrogen) atoms. The van der Waals surface area contributed by atoms with Crippen molar-refractivity contribution in [1.82, 2.24) is 0 Å². The molecule has 0 aromatic heterocycles. The maximum absolute atomic E-state index is 13.6. The number of halogens is 2. The summed E-state index contributed by atoms with van der Waals surface area (Å²) < 4.78 is 13.6. The maximum Gasteiger partial charge on any atom is 0.269 e. The van der Waals surface area contributed by atoms with Crippen LogP contribution in [-0.2, 0) is 11.2 Å². The molecular weight excluding hydrogens is 311 g/mol. The first-order valence-electron chi connectivity index (χ1n) is 6.36. The Hall–Kier alpha value is -2.47. The maximum atomic E-state index is 13.6. The number of carbonyl (C=O) groups is 1. The van der Waals surface area contributed by atoms with Crippen LogP contribution in [0.3, 0.4) is 0 Å². The fourth-order valence-corrected chi connectivity index (χ4v) is 2.19. The number of amides is 1. The van der Waals surface area contributed by atoms with Crippen LogP contribution in [0.5, 0.6) is 0 Å². The molecule has 0 heterocycles. The van der Waals surface area contributed by atoms with Gasteiger partial charge in [-0.15, -0.1) is 0 Å². The Labute approximate surface area is 130 Å². The lowest BCUT2D eigenvalue weighted by molar-refractivity contribution is -0.384. The number of aryl methyl sites for hydroxylation is 1. The Morgan fingerprint density at radius 2 is 2.09 bits per heavy atom. The van der Waals surface area contributed by atoms with Crippen molar-refractivity contribution in [3.63, 3.8) is 0 Å².